The largest absolute Gasteiger partial charge is 0.368 e. The molecule has 0 radical (unpaired) electrons. The van der Waals surface area contributed by atoms with E-state index in [-0.39, 0.29) is 17.5 Å². The van der Waals surface area contributed by atoms with E-state index in [1.807, 2.05) is 18.3 Å². The van der Waals surface area contributed by atoms with E-state index in [2.05, 4.69) is 29.0 Å². The molecule has 1 unspecified atom stereocenters. The van der Waals surface area contributed by atoms with Crippen molar-refractivity contribution in [2.45, 2.75) is 19.9 Å². The Kier molecular flexibility index (Phi) is 4.42. The predicted octanol–water partition coefficient (Wildman–Crippen LogP) is 0.987. The SMILES string of the molecule is CCNC(C)c1ccc(N2CCS(=O)(=O)CC2)cn1. The molecule has 6 heteroatoms. The fourth-order valence-corrected chi connectivity index (χ4v) is 3.42. The van der Waals surface area contributed by atoms with E-state index < -0.39 is 9.84 Å². The molecule has 5 nitrogen and oxygen atoms in total. The molecular formula is C13H21N3O2S. The van der Waals surface area contributed by atoms with Crippen LogP contribution in [0.3, 0.4) is 0 Å². The highest BCUT2D eigenvalue weighted by Crippen LogP contribution is 2.18. The standard InChI is InChI=1S/C13H21N3O2S/c1-3-14-11(2)13-5-4-12(10-15-13)16-6-8-19(17,18)9-7-16/h4-5,10-11,14H,3,6-9H2,1-2H3. The number of rotatable bonds is 4. The van der Waals surface area contributed by atoms with Crippen LogP contribution in [0.5, 0.6) is 0 Å². The van der Waals surface area contributed by atoms with Gasteiger partial charge in [-0.3, -0.25) is 4.98 Å². The van der Waals surface area contributed by atoms with Crippen LogP contribution in [0.2, 0.25) is 0 Å². The average Bonchev–Trinajstić information content (AvgIpc) is 2.39. The third-order valence-corrected chi connectivity index (χ3v) is 5.04. The molecular weight excluding hydrogens is 262 g/mol. The second kappa shape index (κ2) is 5.88. The van der Waals surface area contributed by atoms with Crippen LogP contribution in [0.4, 0.5) is 5.69 Å². The number of sulfone groups is 1. The molecule has 1 N–H and O–H groups in total. The Labute approximate surface area is 114 Å². The lowest BCUT2D eigenvalue weighted by atomic mass is 10.2. The Hall–Kier alpha value is -1.14. The second-order valence-corrected chi connectivity index (χ2v) is 7.16. The molecule has 1 aromatic rings. The fourth-order valence-electron chi connectivity index (χ4n) is 2.22. The summed E-state index contributed by atoms with van der Waals surface area (Å²) in [6.07, 6.45) is 1.83. The van der Waals surface area contributed by atoms with Gasteiger partial charge < -0.3 is 10.2 Å². The van der Waals surface area contributed by atoms with Crippen molar-refractivity contribution in [3.05, 3.63) is 24.0 Å². The molecule has 2 heterocycles. The van der Waals surface area contributed by atoms with Crippen LogP contribution in [0.25, 0.3) is 0 Å². The van der Waals surface area contributed by atoms with Crippen LogP contribution >= 0.6 is 0 Å². The molecule has 19 heavy (non-hydrogen) atoms. The monoisotopic (exact) mass is 283 g/mol. The summed E-state index contributed by atoms with van der Waals surface area (Å²) >= 11 is 0. The zero-order valence-corrected chi connectivity index (χ0v) is 12.3. The minimum Gasteiger partial charge on any atom is -0.368 e. The van der Waals surface area contributed by atoms with E-state index in [0.29, 0.717) is 13.1 Å². The molecule has 1 saturated heterocycles. The number of nitrogens with one attached hydrogen (secondary N) is 1. The maximum Gasteiger partial charge on any atom is 0.153 e. The molecule has 1 aliphatic heterocycles. The number of hydrogen-bond acceptors (Lipinski definition) is 5. The summed E-state index contributed by atoms with van der Waals surface area (Å²) in [6.45, 7) is 6.19. The molecule has 0 spiro atoms. The molecule has 1 aromatic heterocycles. The Morgan fingerprint density at radius 3 is 2.58 bits per heavy atom. The number of pyridine rings is 1. The summed E-state index contributed by atoms with van der Waals surface area (Å²) in [5.41, 5.74) is 2.01. The van der Waals surface area contributed by atoms with Gasteiger partial charge in [-0.05, 0) is 25.6 Å². The van der Waals surface area contributed by atoms with Gasteiger partial charge in [0.2, 0.25) is 0 Å². The second-order valence-electron chi connectivity index (χ2n) is 4.86. The summed E-state index contributed by atoms with van der Waals surface area (Å²) < 4.78 is 22.8. The van der Waals surface area contributed by atoms with Crippen LogP contribution in [0.15, 0.2) is 18.3 Å². The minimum atomic E-state index is -2.82. The van der Waals surface area contributed by atoms with Crippen molar-refractivity contribution in [3.63, 3.8) is 0 Å². The highest BCUT2D eigenvalue weighted by Gasteiger charge is 2.21. The third kappa shape index (κ3) is 3.67. The highest BCUT2D eigenvalue weighted by atomic mass is 32.2. The highest BCUT2D eigenvalue weighted by molar-refractivity contribution is 7.91. The number of hydrogen-bond donors (Lipinski definition) is 1. The molecule has 0 amide bonds. The van der Waals surface area contributed by atoms with Gasteiger partial charge in [0.25, 0.3) is 0 Å². The molecule has 1 fully saturated rings. The van der Waals surface area contributed by atoms with Crippen LogP contribution in [0, 0.1) is 0 Å². The van der Waals surface area contributed by atoms with Crippen molar-refractivity contribution in [1.29, 1.82) is 0 Å². The Balaban J connectivity index is 2.03. The van der Waals surface area contributed by atoms with Gasteiger partial charge in [-0.15, -0.1) is 0 Å². The molecule has 0 saturated carbocycles. The van der Waals surface area contributed by atoms with E-state index in [0.717, 1.165) is 17.9 Å². The van der Waals surface area contributed by atoms with Crippen LogP contribution in [0.1, 0.15) is 25.6 Å². The quantitative estimate of drug-likeness (QED) is 0.893. The summed E-state index contributed by atoms with van der Waals surface area (Å²) in [5.74, 6) is 0.477. The summed E-state index contributed by atoms with van der Waals surface area (Å²) in [4.78, 5) is 6.53. The van der Waals surface area contributed by atoms with E-state index >= 15 is 0 Å². The number of nitrogens with zero attached hydrogens (tertiary/aromatic N) is 2. The topological polar surface area (TPSA) is 62.3 Å². The van der Waals surface area contributed by atoms with Crippen molar-refractivity contribution >= 4 is 15.5 Å². The lowest BCUT2D eigenvalue weighted by Gasteiger charge is -2.28. The average molecular weight is 283 g/mol. The Bertz CT molecular complexity index is 499. The summed E-state index contributed by atoms with van der Waals surface area (Å²) in [7, 11) is -2.82. The Morgan fingerprint density at radius 2 is 2.05 bits per heavy atom. The van der Waals surface area contributed by atoms with Crippen LogP contribution in [-0.2, 0) is 9.84 Å². The predicted molar refractivity (Wildman–Crippen MR) is 77.2 cm³/mol. The normalized spacial score (nSPS) is 20.2. The lowest BCUT2D eigenvalue weighted by molar-refractivity contribution is 0.582. The van der Waals surface area contributed by atoms with Gasteiger partial charge in [0.15, 0.2) is 9.84 Å². The molecule has 0 aromatic carbocycles. The van der Waals surface area contributed by atoms with Gasteiger partial charge >= 0.3 is 0 Å². The van der Waals surface area contributed by atoms with E-state index in [9.17, 15) is 8.42 Å². The molecule has 106 valence electrons. The van der Waals surface area contributed by atoms with Gasteiger partial charge in [0.1, 0.15) is 0 Å². The number of anilines is 1. The van der Waals surface area contributed by atoms with Gasteiger partial charge in [0, 0.05) is 19.1 Å². The van der Waals surface area contributed by atoms with Gasteiger partial charge in [-0.25, -0.2) is 8.42 Å². The first-order valence-corrected chi connectivity index (χ1v) is 8.48. The number of aromatic nitrogens is 1. The first-order chi connectivity index (χ1) is 9.02. The zero-order chi connectivity index (χ0) is 13.9. The first-order valence-electron chi connectivity index (χ1n) is 6.66. The van der Waals surface area contributed by atoms with Gasteiger partial charge in [-0.2, -0.15) is 0 Å². The third-order valence-electron chi connectivity index (χ3n) is 3.43. The summed E-state index contributed by atoms with van der Waals surface area (Å²) in [6, 6.07) is 4.26. The molecule has 2 rings (SSSR count). The smallest absolute Gasteiger partial charge is 0.153 e. The maximum atomic E-state index is 11.4. The molecule has 0 aliphatic carbocycles. The van der Waals surface area contributed by atoms with Crippen LogP contribution < -0.4 is 10.2 Å². The van der Waals surface area contributed by atoms with Crippen molar-refractivity contribution in [1.82, 2.24) is 10.3 Å². The maximum absolute atomic E-state index is 11.4. The van der Waals surface area contributed by atoms with Gasteiger partial charge in [-0.1, -0.05) is 6.92 Å². The Morgan fingerprint density at radius 1 is 1.37 bits per heavy atom. The lowest BCUT2D eigenvalue weighted by Crippen LogP contribution is -2.40. The molecule has 0 bridgehead atoms. The van der Waals surface area contributed by atoms with Crippen LogP contribution in [-0.4, -0.2) is 44.5 Å². The van der Waals surface area contributed by atoms with Gasteiger partial charge in [0.05, 0.1) is 29.1 Å². The first kappa shape index (κ1) is 14.3. The fraction of sp³-hybridized carbons (Fsp3) is 0.615. The van der Waals surface area contributed by atoms with E-state index in [1.165, 1.54) is 0 Å². The molecule has 1 atom stereocenters. The summed E-state index contributed by atoms with van der Waals surface area (Å²) in [5, 5.41) is 3.32. The minimum absolute atomic E-state index is 0.237. The zero-order valence-electron chi connectivity index (χ0n) is 11.5. The van der Waals surface area contributed by atoms with E-state index in [1.54, 1.807) is 0 Å². The van der Waals surface area contributed by atoms with Crippen molar-refractivity contribution in [2.24, 2.45) is 0 Å². The van der Waals surface area contributed by atoms with Crippen molar-refractivity contribution in [2.75, 3.05) is 36.0 Å². The van der Waals surface area contributed by atoms with E-state index in [4.69, 9.17) is 0 Å². The van der Waals surface area contributed by atoms with Crippen molar-refractivity contribution < 1.29 is 8.42 Å². The van der Waals surface area contributed by atoms with Crippen molar-refractivity contribution in [3.8, 4) is 0 Å². The molecule has 1 aliphatic rings.